The lowest BCUT2D eigenvalue weighted by atomic mass is 10.1. The molecule has 0 aliphatic carbocycles. The second-order valence-corrected chi connectivity index (χ2v) is 4.91. The van der Waals surface area contributed by atoms with E-state index in [1.54, 1.807) is 13.4 Å². The zero-order valence-corrected chi connectivity index (χ0v) is 12.3. The molecule has 0 saturated carbocycles. The van der Waals surface area contributed by atoms with Gasteiger partial charge in [-0.2, -0.15) is 0 Å². The van der Waals surface area contributed by atoms with E-state index in [0.29, 0.717) is 6.54 Å². The molecule has 2 aromatic rings. The Kier molecular flexibility index (Phi) is 4.76. The molecule has 20 heavy (non-hydrogen) atoms. The fourth-order valence-electron chi connectivity index (χ4n) is 2.43. The van der Waals surface area contributed by atoms with Crippen LogP contribution in [-0.2, 0) is 13.6 Å². The fraction of sp³-hybridized carbons (Fsp3) is 0.400. The third-order valence-electron chi connectivity index (χ3n) is 3.56. The minimum absolute atomic E-state index is 0.132. The van der Waals surface area contributed by atoms with Crippen LogP contribution in [0.3, 0.4) is 0 Å². The summed E-state index contributed by atoms with van der Waals surface area (Å²) in [6, 6.07) is 8.18. The number of para-hydroxylation sites is 1. The van der Waals surface area contributed by atoms with E-state index in [9.17, 15) is 0 Å². The number of nitrogens with two attached hydrogens (primary N) is 1. The Morgan fingerprint density at radius 1 is 1.40 bits per heavy atom. The highest BCUT2D eigenvalue weighted by Gasteiger charge is 2.19. The van der Waals surface area contributed by atoms with Crippen molar-refractivity contribution in [3.8, 4) is 5.75 Å². The normalized spacial score (nSPS) is 12.7. The van der Waals surface area contributed by atoms with Crippen molar-refractivity contribution in [1.82, 2.24) is 14.5 Å². The topological polar surface area (TPSA) is 56.3 Å². The molecule has 1 aromatic heterocycles. The molecule has 108 valence electrons. The van der Waals surface area contributed by atoms with Gasteiger partial charge in [0.15, 0.2) is 0 Å². The number of methoxy groups -OCH3 is 1. The van der Waals surface area contributed by atoms with Crippen LogP contribution in [-0.4, -0.2) is 35.2 Å². The third-order valence-corrected chi connectivity index (χ3v) is 3.56. The van der Waals surface area contributed by atoms with E-state index in [1.165, 1.54) is 0 Å². The summed E-state index contributed by atoms with van der Waals surface area (Å²) in [7, 11) is 5.75. The minimum Gasteiger partial charge on any atom is -0.496 e. The number of rotatable bonds is 6. The predicted octanol–water partition coefficient (Wildman–Crippen LogP) is 1.56. The lowest BCUT2D eigenvalue weighted by Gasteiger charge is -2.27. The maximum atomic E-state index is 5.94. The van der Waals surface area contributed by atoms with Crippen molar-refractivity contribution in [2.75, 3.05) is 20.7 Å². The van der Waals surface area contributed by atoms with Crippen molar-refractivity contribution >= 4 is 0 Å². The van der Waals surface area contributed by atoms with Gasteiger partial charge in [-0.25, -0.2) is 4.98 Å². The van der Waals surface area contributed by atoms with Crippen LogP contribution < -0.4 is 10.5 Å². The van der Waals surface area contributed by atoms with E-state index in [1.807, 2.05) is 36.0 Å². The Labute approximate surface area is 120 Å². The Balaban J connectivity index is 2.18. The number of hydrogen-bond donors (Lipinski definition) is 1. The van der Waals surface area contributed by atoms with Gasteiger partial charge < -0.3 is 15.0 Å². The summed E-state index contributed by atoms with van der Waals surface area (Å²) >= 11 is 0. The Bertz CT molecular complexity index is 552. The third kappa shape index (κ3) is 3.00. The summed E-state index contributed by atoms with van der Waals surface area (Å²) in [5.74, 6) is 0.903. The number of aromatic nitrogens is 2. The summed E-state index contributed by atoms with van der Waals surface area (Å²) in [5.41, 5.74) is 8.21. The summed E-state index contributed by atoms with van der Waals surface area (Å²) in [5, 5.41) is 0. The van der Waals surface area contributed by atoms with Crippen molar-refractivity contribution in [3.05, 3.63) is 48.0 Å². The van der Waals surface area contributed by atoms with Gasteiger partial charge in [0.2, 0.25) is 0 Å². The first-order chi connectivity index (χ1) is 9.67. The van der Waals surface area contributed by atoms with Crippen LogP contribution in [0.2, 0.25) is 0 Å². The van der Waals surface area contributed by atoms with E-state index in [2.05, 4.69) is 23.0 Å². The summed E-state index contributed by atoms with van der Waals surface area (Å²) in [6.45, 7) is 1.32. The Morgan fingerprint density at radius 2 is 2.15 bits per heavy atom. The number of imidazole rings is 1. The summed E-state index contributed by atoms with van der Waals surface area (Å²) in [6.07, 6.45) is 3.67. The molecule has 0 spiro atoms. The molecule has 0 fully saturated rings. The van der Waals surface area contributed by atoms with Crippen LogP contribution in [0.4, 0.5) is 0 Å². The van der Waals surface area contributed by atoms with Gasteiger partial charge in [-0.15, -0.1) is 0 Å². The Hall–Kier alpha value is -1.85. The molecule has 2 rings (SSSR count). The van der Waals surface area contributed by atoms with Crippen LogP contribution >= 0.6 is 0 Å². The number of nitrogens with zero attached hydrogens (tertiary/aromatic N) is 3. The van der Waals surface area contributed by atoms with Gasteiger partial charge in [-0.05, 0) is 13.1 Å². The summed E-state index contributed by atoms with van der Waals surface area (Å²) in [4.78, 5) is 6.39. The first-order valence-corrected chi connectivity index (χ1v) is 6.65. The van der Waals surface area contributed by atoms with E-state index in [4.69, 9.17) is 10.5 Å². The molecule has 0 aliphatic heterocycles. The predicted molar refractivity (Wildman–Crippen MR) is 79.5 cm³/mol. The van der Waals surface area contributed by atoms with Gasteiger partial charge in [0.1, 0.15) is 5.75 Å². The van der Waals surface area contributed by atoms with Gasteiger partial charge in [-0.3, -0.25) is 4.90 Å². The van der Waals surface area contributed by atoms with E-state index < -0.39 is 0 Å². The van der Waals surface area contributed by atoms with Crippen LogP contribution in [0.1, 0.15) is 17.3 Å². The second-order valence-electron chi connectivity index (χ2n) is 4.91. The number of ether oxygens (including phenoxy) is 1. The molecule has 5 heteroatoms. The second kappa shape index (κ2) is 6.54. The number of aryl methyl sites for hydroxylation is 1. The van der Waals surface area contributed by atoms with E-state index in [0.717, 1.165) is 23.6 Å². The first kappa shape index (κ1) is 14.6. The zero-order valence-electron chi connectivity index (χ0n) is 12.3. The molecule has 0 radical (unpaired) electrons. The lowest BCUT2D eigenvalue weighted by molar-refractivity contribution is 0.230. The lowest BCUT2D eigenvalue weighted by Crippen LogP contribution is -2.31. The molecule has 0 amide bonds. The van der Waals surface area contributed by atoms with Crippen molar-refractivity contribution in [2.45, 2.75) is 12.6 Å². The van der Waals surface area contributed by atoms with Crippen molar-refractivity contribution in [3.63, 3.8) is 0 Å². The van der Waals surface area contributed by atoms with Gasteiger partial charge >= 0.3 is 0 Å². The molecule has 0 bridgehead atoms. The number of likely N-dealkylation sites (N-methyl/N-ethyl adjacent to an activating group) is 1. The average Bonchev–Trinajstić information content (AvgIpc) is 2.87. The molecule has 1 heterocycles. The maximum Gasteiger partial charge on any atom is 0.123 e. The molecule has 2 N–H and O–H groups in total. The average molecular weight is 274 g/mol. The highest BCUT2D eigenvalue weighted by molar-refractivity contribution is 5.33. The molecule has 5 nitrogen and oxygen atoms in total. The molecule has 1 atom stereocenters. The van der Waals surface area contributed by atoms with Crippen molar-refractivity contribution in [2.24, 2.45) is 12.8 Å². The largest absolute Gasteiger partial charge is 0.496 e. The molecule has 0 saturated heterocycles. The van der Waals surface area contributed by atoms with Crippen LogP contribution in [0.5, 0.6) is 5.75 Å². The van der Waals surface area contributed by atoms with Gasteiger partial charge in [0.25, 0.3) is 0 Å². The van der Waals surface area contributed by atoms with Crippen LogP contribution in [0, 0.1) is 0 Å². The van der Waals surface area contributed by atoms with Crippen molar-refractivity contribution < 1.29 is 4.74 Å². The zero-order chi connectivity index (χ0) is 14.5. The quantitative estimate of drug-likeness (QED) is 0.868. The van der Waals surface area contributed by atoms with Gasteiger partial charge in [0.05, 0.1) is 25.2 Å². The number of hydrogen-bond acceptors (Lipinski definition) is 4. The van der Waals surface area contributed by atoms with E-state index in [-0.39, 0.29) is 6.04 Å². The monoisotopic (exact) mass is 274 g/mol. The van der Waals surface area contributed by atoms with Crippen molar-refractivity contribution in [1.29, 1.82) is 0 Å². The highest BCUT2D eigenvalue weighted by Crippen LogP contribution is 2.24. The molecule has 0 aliphatic rings. The maximum absolute atomic E-state index is 5.94. The van der Waals surface area contributed by atoms with Crippen LogP contribution in [0.15, 0.2) is 36.8 Å². The van der Waals surface area contributed by atoms with E-state index >= 15 is 0 Å². The number of benzene rings is 1. The smallest absolute Gasteiger partial charge is 0.123 e. The van der Waals surface area contributed by atoms with Gasteiger partial charge in [-0.1, -0.05) is 18.2 Å². The molecule has 1 aromatic carbocycles. The van der Waals surface area contributed by atoms with Gasteiger partial charge in [0, 0.05) is 31.9 Å². The van der Waals surface area contributed by atoms with Crippen LogP contribution in [0.25, 0.3) is 0 Å². The first-order valence-electron chi connectivity index (χ1n) is 6.65. The Morgan fingerprint density at radius 3 is 2.75 bits per heavy atom. The fourth-order valence-corrected chi connectivity index (χ4v) is 2.43. The SMILES string of the molecule is COc1ccccc1CN(C)C(CN)c1cncn1C. The minimum atomic E-state index is 0.132. The summed E-state index contributed by atoms with van der Waals surface area (Å²) < 4.78 is 7.41. The molecule has 1 unspecified atom stereocenters. The standard InChI is InChI=1S/C15H22N4O/c1-18(10-12-6-4-5-7-15(12)20-3)13(8-16)14-9-17-11-19(14)2/h4-7,9,11,13H,8,10,16H2,1-3H3. The molecular weight excluding hydrogens is 252 g/mol. The highest BCUT2D eigenvalue weighted by atomic mass is 16.5. The molecular formula is C15H22N4O.